The molecule has 4 nitrogen and oxygen atoms in total. The summed E-state index contributed by atoms with van der Waals surface area (Å²) >= 11 is 5.22. The third-order valence-corrected chi connectivity index (χ3v) is 6.84. The quantitative estimate of drug-likeness (QED) is 0.392. The van der Waals surface area contributed by atoms with E-state index >= 15 is 0 Å². The number of hydrogen-bond acceptors (Lipinski definition) is 3. The van der Waals surface area contributed by atoms with E-state index in [4.69, 9.17) is 11.6 Å². The fraction of sp³-hybridized carbons (Fsp3) is 0.913. The van der Waals surface area contributed by atoms with Crippen molar-refractivity contribution in [3.63, 3.8) is 0 Å². The van der Waals surface area contributed by atoms with Gasteiger partial charge in [0.1, 0.15) is 0 Å². The lowest BCUT2D eigenvalue weighted by Crippen LogP contribution is -2.28. The Bertz CT molecular complexity index is 440. The van der Waals surface area contributed by atoms with Crippen LogP contribution in [0.2, 0.25) is 0 Å². The molecule has 0 bridgehead atoms. The molecule has 0 aromatic rings. The lowest BCUT2D eigenvalue weighted by atomic mass is 10.0. The Morgan fingerprint density at radius 3 is 1.89 bits per heavy atom. The molecule has 0 aromatic heterocycles. The fourth-order valence-corrected chi connectivity index (χ4v) is 4.99. The minimum Gasteiger partial charge on any atom is -0.356 e. The van der Waals surface area contributed by atoms with Gasteiger partial charge in [-0.25, -0.2) is 0 Å². The van der Waals surface area contributed by atoms with Crippen molar-refractivity contribution >= 4 is 22.8 Å². The van der Waals surface area contributed by atoms with E-state index < -0.39 is 0 Å². The number of rotatable bonds is 10. The van der Waals surface area contributed by atoms with Crippen molar-refractivity contribution in [1.29, 1.82) is 0 Å². The van der Waals surface area contributed by atoms with Gasteiger partial charge in [0.15, 0.2) is 0 Å². The summed E-state index contributed by atoms with van der Waals surface area (Å²) in [6, 6.07) is 0. The number of carbonyl (C=O) groups excluding carboxylic acids is 2. The molecule has 1 aliphatic heterocycles. The van der Waals surface area contributed by atoms with Crippen molar-refractivity contribution in [3.8, 4) is 0 Å². The van der Waals surface area contributed by atoms with Crippen molar-refractivity contribution in [2.75, 3.05) is 26.2 Å². The maximum absolute atomic E-state index is 11.7. The molecule has 1 saturated heterocycles. The van der Waals surface area contributed by atoms with E-state index in [-0.39, 0.29) is 11.1 Å². The molecule has 3 aliphatic rings. The number of likely N-dealkylation sites (tertiary alicyclic amines) is 1. The van der Waals surface area contributed by atoms with E-state index in [2.05, 4.69) is 10.2 Å². The fourth-order valence-electron chi connectivity index (χ4n) is 4.88. The first kappa shape index (κ1) is 23.7. The Balaban J connectivity index is 0.000000237. The van der Waals surface area contributed by atoms with Crippen LogP contribution in [0.4, 0.5) is 0 Å². The summed E-state index contributed by atoms with van der Waals surface area (Å²) in [5, 5.41) is 2.89. The zero-order chi connectivity index (χ0) is 20.0. The highest BCUT2D eigenvalue weighted by atomic mass is 35.5. The molecule has 2 aliphatic carbocycles. The Morgan fingerprint density at radius 1 is 0.821 bits per heavy atom. The van der Waals surface area contributed by atoms with Gasteiger partial charge in [-0.15, -0.1) is 0 Å². The van der Waals surface area contributed by atoms with Gasteiger partial charge >= 0.3 is 0 Å². The lowest BCUT2D eigenvalue weighted by molar-refractivity contribution is -0.121. The van der Waals surface area contributed by atoms with E-state index in [1.807, 2.05) is 0 Å². The monoisotopic (exact) mass is 412 g/mol. The van der Waals surface area contributed by atoms with Gasteiger partial charge in [0.05, 0.1) is 0 Å². The number of halogens is 1. The molecule has 0 spiro atoms. The first-order valence-corrected chi connectivity index (χ1v) is 12.2. The first-order chi connectivity index (χ1) is 13.6. The number of nitrogens with zero attached hydrogens (tertiary/aromatic N) is 1. The molecule has 3 rings (SSSR count). The van der Waals surface area contributed by atoms with E-state index in [1.165, 1.54) is 77.3 Å². The largest absolute Gasteiger partial charge is 0.356 e. The molecule has 0 unspecified atom stereocenters. The number of hydrogen-bond donors (Lipinski definition) is 1. The summed E-state index contributed by atoms with van der Waals surface area (Å²) in [5.41, 5.74) is 0. The van der Waals surface area contributed by atoms with Crippen LogP contribution in [-0.2, 0) is 9.59 Å². The van der Waals surface area contributed by atoms with Crippen LogP contribution in [0.5, 0.6) is 0 Å². The third kappa shape index (κ3) is 10.8. The predicted octanol–water partition coefficient (Wildman–Crippen LogP) is 5.28. The summed E-state index contributed by atoms with van der Waals surface area (Å²) in [4.78, 5) is 24.5. The van der Waals surface area contributed by atoms with Gasteiger partial charge in [-0.3, -0.25) is 9.59 Å². The van der Waals surface area contributed by atoms with Gasteiger partial charge in [0, 0.05) is 19.4 Å². The van der Waals surface area contributed by atoms with Crippen molar-refractivity contribution < 1.29 is 9.59 Å². The van der Waals surface area contributed by atoms with Crippen molar-refractivity contribution in [2.45, 2.75) is 96.3 Å². The molecule has 1 N–H and O–H groups in total. The molecule has 2 saturated carbocycles. The van der Waals surface area contributed by atoms with Crippen LogP contribution in [0.3, 0.4) is 0 Å². The topological polar surface area (TPSA) is 49.4 Å². The van der Waals surface area contributed by atoms with E-state index in [0.29, 0.717) is 6.42 Å². The Hall–Kier alpha value is -0.610. The highest BCUT2D eigenvalue weighted by Gasteiger charge is 2.16. The minimum atomic E-state index is -0.174. The number of amides is 1. The molecule has 0 aromatic carbocycles. The zero-order valence-corrected chi connectivity index (χ0v) is 18.5. The summed E-state index contributed by atoms with van der Waals surface area (Å²) in [5.74, 6) is 1.89. The zero-order valence-electron chi connectivity index (χ0n) is 17.7. The predicted molar refractivity (Wildman–Crippen MR) is 117 cm³/mol. The molecule has 0 radical (unpaired) electrons. The molecule has 1 heterocycles. The first-order valence-electron chi connectivity index (χ1n) is 11.8. The molecule has 162 valence electrons. The van der Waals surface area contributed by atoms with Gasteiger partial charge in [0.2, 0.25) is 11.1 Å². The minimum absolute atomic E-state index is 0.174. The normalized spacial score (nSPS) is 20.9. The smallest absolute Gasteiger partial charge is 0.221 e. The summed E-state index contributed by atoms with van der Waals surface area (Å²) < 4.78 is 0. The van der Waals surface area contributed by atoms with Crippen LogP contribution in [-0.4, -0.2) is 42.2 Å². The molecule has 1 amide bonds. The van der Waals surface area contributed by atoms with Gasteiger partial charge in [0.25, 0.3) is 0 Å². The van der Waals surface area contributed by atoms with Gasteiger partial charge in [-0.05, 0) is 75.2 Å². The molecule has 3 fully saturated rings. The summed E-state index contributed by atoms with van der Waals surface area (Å²) in [6.07, 6.45) is 18.0. The SMILES string of the molecule is O=C(CCC1CCCC1)NCCCN1CCCC1.O=C(Cl)CCC1CCCC1. The van der Waals surface area contributed by atoms with Gasteiger partial charge in [-0.1, -0.05) is 51.4 Å². The maximum atomic E-state index is 11.7. The summed E-state index contributed by atoms with van der Waals surface area (Å²) in [7, 11) is 0. The van der Waals surface area contributed by atoms with Crippen LogP contribution in [0, 0.1) is 11.8 Å². The lowest BCUT2D eigenvalue weighted by Gasteiger charge is -2.14. The van der Waals surface area contributed by atoms with Crippen molar-refractivity contribution in [3.05, 3.63) is 0 Å². The molecular weight excluding hydrogens is 372 g/mol. The van der Waals surface area contributed by atoms with Crippen LogP contribution in [0.1, 0.15) is 96.3 Å². The molecular formula is C23H41ClN2O2. The highest BCUT2D eigenvalue weighted by molar-refractivity contribution is 6.63. The average molecular weight is 413 g/mol. The second-order valence-electron chi connectivity index (χ2n) is 8.99. The van der Waals surface area contributed by atoms with Crippen molar-refractivity contribution in [2.24, 2.45) is 11.8 Å². The Kier molecular flexibility index (Phi) is 12.2. The standard InChI is InChI=1S/C15H28N2O.C8H13ClO/c18-15(9-8-14-6-1-2-7-14)16-10-5-13-17-11-3-4-12-17;9-8(10)6-5-7-3-1-2-4-7/h14H,1-13H2,(H,16,18);7H,1-6H2. The van der Waals surface area contributed by atoms with Crippen LogP contribution < -0.4 is 5.32 Å². The highest BCUT2D eigenvalue weighted by Crippen LogP contribution is 2.29. The maximum Gasteiger partial charge on any atom is 0.221 e. The van der Waals surface area contributed by atoms with Crippen molar-refractivity contribution in [1.82, 2.24) is 10.2 Å². The van der Waals surface area contributed by atoms with E-state index in [9.17, 15) is 9.59 Å². The third-order valence-electron chi connectivity index (χ3n) is 6.65. The van der Waals surface area contributed by atoms with E-state index in [0.717, 1.165) is 50.6 Å². The summed E-state index contributed by atoms with van der Waals surface area (Å²) in [6.45, 7) is 4.54. The second-order valence-corrected chi connectivity index (χ2v) is 9.41. The number of nitrogens with one attached hydrogen (secondary N) is 1. The van der Waals surface area contributed by atoms with E-state index in [1.54, 1.807) is 0 Å². The Labute approximate surface area is 177 Å². The van der Waals surface area contributed by atoms with Gasteiger partial charge in [-0.2, -0.15) is 0 Å². The molecule has 0 atom stereocenters. The molecule has 5 heteroatoms. The van der Waals surface area contributed by atoms with Crippen LogP contribution in [0.25, 0.3) is 0 Å². The molecule has 28 heavy (non-hydrogen) atoms. The second kappa shape index (κ2) is 14.4. The number of carbonyl (C=O) groups is 2. The van der Waals surface area contributed by atoms with Gasteiger partial charge < -0.3 is 10.2 Å². The van der Waals surface area contributed by atoms with Crippen LogP contribution >= 0.6 is 11.6 Å². The average Bonchev–Trinajstić information content (AvgIpc) is 3.46. The van der Waals surface area contributed by atoms with Crippen LogP contribution in [0.15, 0.2) is 0 Å². The Morgan fingerprint density at radius 2 is 1.36 bits per heavy atom.